The van der Waals surface area contributed by atoms with Crippen molar-refractivity contribution in [3.8, 4) is 11.5 Å². The lowest BCUT2D eigenvalue weighted by molar-refractivity contribution is 0.334. The fourth-order valence-electron chi connectivity index (χ4n) is 1.33. The molecule has 1 N–H and O–H groups in total. The standard InChI is InChI=1S/C11H16O2/c1-4-9-6-7-10(13-5-2)8(3)11(9)12/h6-7,12H,4-5H2,1-3H3. The first-order valence-electron chi connectivity index (χ1n) is 4.64. The molecule has 0 saturated carbocycles. The van der Waals surface area contributed by atoms with Crippen LogP contribution in [-0.2, 0) is 6.42 Å². The van der Waals surface area contributed by atoms with Gasteiger partial charge in [-0.05, 0) is 31.9 Å². The monoisotopic (exact) mass is 180 g/mol. The van der Waals surface area contributed by atoms with Crippen molar-refractivity contribution in [3.05, 3.63) is 23.3 Å². The predicted octanol–water partition coefficient (Wildman–Crippen LogP) is 2.66. The second-order valence-corrected chi connectivity index (χ2v) is 2.98. The minimum absolute atomic E-state index is 0.369. The van der Waals surface area contributed by atoms with Crippen LogP contribution in [0.1, 0.15) is 25.0 Å². The normalized spacial score (nSPS) is 10.1. The van der Waals surface area contributed by atoms with Crippen LogP contribution in [0.4, 0.5) is 0 Å². The Morgan fingerprint density at radius 1 is 1.31 bits per heavy atom. The molecule has 0 aliphatic heterocycles. The summed E-state index contributed by atoms with van der Waals surface area (Å²) in [5.74, 6) is 1.14. The van der Waals surface area contributed by atoms with E-state index in [9.17, 15) is 5.11 Å². The third-order valence-corrected chi connectivity index (χ3v) is 2.15. The van der Waals surface area contributed by atoms with Crippen LogP contribution < -0.4 is 4.74 Å². The minimum Gasteiger partial charge on any atom is -0.507 e. The number of rotatable bonds is 3. The van der Waals surface area contributed by atoms with Crippen LogP contribution in [0, 0.1) is 6.92 Å². The summed E-state index contributed by atoms with van der Waals surface area (Å²) in [6.45, 7) is 6.46. The summed E-state index contributed by atoms with van der Waals surface area (Å²) >= 11 is 0. The molecule has 0 aromatic heterocycles. The van der Waals surface area contributed by atoms with Gasteiger partial charge in [0, 0.05) is 5.56 Å². The van der Waals surface area contributed by atoms with Gasteiger partial charge in [-0.15, -0.1) is 0 Å². The highest BCUT2D eigenvalue weighted by molar-refractivity contribution is 5.48. The van der Waals surface area contributed by atoms with E-state index in [2.05, 4.69) is 0 Å². The number of hydrogen-bond acceptors (Lipinski definition) is 2. The van der Waals surface area contributed by atoms with E-state index >= 15 is 0 Å². The summed E-state index contributed by atoms with van der Waals surface area (Å²) in [6, 6.07) is 3.82. The lowest BCUT2D eigenvalue weighted by atomic mass is 10.1. The van der Waals surface area contributed by atoms with Crippen molar-refractivity contribution < 1.29 is 9.84 Å². The molecule has 0 spiro atoms. The zero-order chi connectivity index (χ0) is 9.84. The summed E-state index contributed by atoms with van der Waals surface area (Å²) in [6.07, 6.45) is 0.846. The number of hydrogen-bond donors (Lipinski definition) is 1. The van der Waals surface area contributed by atoms with Crippen LogP contribution in [0.15, 0.2) is 12.1 Å². The van der Waals surface area contributed by atoms with Crippen molar-refractivity contribution in [3.63, 3.8) is 0 Å². The number of benzene rings is 1. The molecule has 0 atom stereocenters. The first kappa shape index (κ1) is 9.90. The predicted molar refractivity (Wildman–Crippen MR) is 53.4 cm³/mol. The smallest absolute Gasteiger partial charge is 0.125 e. The second-order valence-electron chi connectivity index (χ2n) is 2.98. The van der Waals surface area contributed by atoms with Crippen LogP contribution >= 0.6 is 0 Å². The summed E-state index contributed by atoms with van der Waals surface area (Å²) < 4.78 is 5.36. The number of aryl methyl sites for hydroxylation is 1. The molecule has 0 amide bonds. The first-order chi connectivity index (χ1) is 6.20. The molecule has 2 nitrogen and oxygen atoms in total. The van der Waals surface area contributed by atoms with Crippen molar-refractivity contribution in [2.75, 3.05) is 6.61 Å². The van der Waals surface area contributed by atoms with Gasteiger partial charge in [0.15, 0.2) is 0 Å². The van der Waals surface area contributed by atoms with E-state index in [1.165, 1.54) is 0 Å². The molecule has 0 aliphatic carbocycles. The van der Waals surface area contributed by atoms with E-state index in [-0.39, 0.29) is 0 Å². The first-order valence-corrected chi connectivity index (χ1v) is 4.64. The van der Waals surface area contributed by atoms with E-state index in [0.717, 1.165) is 23.3 Å². The lowest BCUT2D eigenvalue weighted by Crippen LogP contribution is -1.95. The van der Waals surface area contributed by atoms with Crippen molar-refractivity contribution in [1.29, 1.82) is 0 Å². The maximum absolute atomic E-state index is 9.73. The quantitative estimate of drug-likeness (QED) is 0.774. The molecule has 1 aromatic rings. The number of ether oxygens (including phenoxy) is 1. The van der Waals surface area contributed by atoms with Gasteiger partial charge in [0.1, 0.15) is 11.5 Å². The van der Waals surface area contributed by atoms with Crippen LogP contribution in [0.25, 0.3) is 0 Å². The highest BCUT2D eigenvalue weighted by Gasteiger charge is 2.07. The molecule has 0 bridgehead atoms. The average molecular weight is 180 g/mol. The fraction of sp³-hybridized carbons (Fsp3) is 0.455. The van der Waals surface area contributed by atoms with E-state index in [0.29, 0.717) is 12.4 Å². The second kappa shape index (κ2) is 4.17. The molecular weight excluding hydrogens is 164 g/mol. The van der Waals surface area contributed by atoms with Crippen molar-refractivity contribution in [1.82, 2.24) is 0 Å². The van der Waals surface area contributed by atoms with Crippen molar-refractivity contribution >= 4 is 0 Å². The molecule has 1 aromatic carbocycles. The highest BCUT2D eigenvalue weighted by atomic mass is 16.5. The largest absolute Gasteiger partial charge is 0.507 e. The Hall–Kier alpha value is -1.18. The van der Waals surface area contributed by atoms with E-state index < -0.39 is 0 Å². The Kier molecular flexibility index (Phi) is 3.18. The SMILES string of the molecule is CCOc1ccc(CC)c(O)c1C. The minimum atomic E-state index is 0.369. The van der Waals surface area contributed by atoms with Crippen LogP contribution in [-0.4, -0.2) is 11.7 Å². The van der Waals surface area contributed by atoms with Crippen LogP contribution in [0.2, 0.25) is 0 Å². The molecule has 72 valence electrons. The maximum atomic E-state index is 9.73. The van der Waals surface area contributed by atoms with Gasteiger partial charge in [0.2, 0.25) is 0 Å². The molecule has 13 heavy (non-hydrogen) atoms. The Balaban J connectivity index is 3.07. The molecule has 0 saturated heterocycles. The zero-order valence-corrected chi connectivity index (χ0v) is 8.42. The fourth-order valence-corrected chi connectivity index (χ4v) is 1.33. The van der Waals surface area contributed by atoms with Gasteiger partial charge in [0.05, 0.1) is 6.61 Å². The van der Waals surface area contributed by atoms with Crippen molar-refractivity contribution in [2.24, 2.45) is 0 Å². The molecule has 0 fully saturated rings. The van der Waals surface area contributed by atoms with Gasteiger partial charge in [-0.1, -0.05) is 13.0 Å². The molecule has 0 unspecified atom stereocenters. The molecule has 1 rings (SSSR count). The highest BCUT2D eigenvalue weighted by Crippen LogP contribution is 2.30. The van der Waals surface area contributed by atoms with Crippen LogP contribution in [0.5, 0.6) is 11.5 Å². The molecule has 0 heterocycles. The average Bonchev–Trinajstić information content (AvgIpc) is 2.14. The Morgan fingerprint density at radius 2 is 2.00 bits per heavy atom. The topological polar surface area (TPSA) is 29.5 Å². The van der Waals surface area contributed by atoms with Gasteiger partial charge in [-0.2, -0.15) is 0 Å². The van der Waals surface area contributed by atoms with Gasteiger partial charge in [0.25, 0.3) is 0 Å². The Labute approximate surface area is 79.2 Å². The van der Waals surface area contributed by atoms with E-state index in [1.54, 1.807) is 0 Å². The summed E-state index contributed by atoms with van der Waals surface area (Å²) in [5.41, 5.74) is 1.81. The van der Waals surface area contributed by atoms with Gasteiger partial charge >= 0.3 is 0 Å². The summed E-state index contributed by atoms with van der Waals surface area (Å²) in [7, 11) is 0. The zero-order valence-electron chi connectivity index (χ0n) is 8.42. The third-order valence-electron chi connectivity index (χ3n) is 2.15. The maximum Gasteiger partial charge on any atom is 0.125 e. The van der Waals surface area contributed by atoms with E-state index in [4.69, 9.17) is 4.74 Å². The molecular formula is C11H16O2. The van der Waals surface area contributed by atoms with E-state index in [1.807, 2.05) is 32.9 Å². The number of phenolic OH excluding ortho intramolecular Hbond substituents is 1. The molecule has 2 heteroatoms. The van der Waals surface area contributed by atoms with Gasteiger partial charge < -0.3 is 9.84 Å². The Morgan fingerprint density at radius 3 is 2.54 bits per heavy atom. The number of aromatic hydroxyl groups is 1. The lowest BCUT2D eigenvalue weighted by Gasteiger charge is -2.10. The number of phenols is 1. The third kappa shape index (κ3) is 1.94. The molecule has 0 radical (unpaired) electrons. The van der Waals surface area contributed by atoms with Crippen molar-refractivity contribution in [2.45, 2.75) is 27.2 Å². The summed E-state index contributed by atoms with van der Waals surface area (Å²) in [5, 5.41) is 9.73. The van der Waals surface area contributed by atoms with Gasteiger partial charge in [-0.25, -0.2) is 0 Å². The molecule has 0 aliphatic rings. The summed E-state index contributed by atoms with van der Waals surface area (Å²) in [4.78, 5) is 0. The van der Waals surface area contributed by atoms with Crippen LogP contribution in [0.3, 0.4) is 0 Å². The Bertz CT molecular complexity index is 292. The van der Waals surface area contributed by atoms with Gasteiger partial charge in [-0.3, -0.25) is 0 Å².